The Morgan fingerprint density at radius 1 is 1.15 bits per heavy atom. The van der Waals surface area contributed by atoms with Crippen LogP contribution in [0.15, 0.2) is 53.1 Å². The molecule has 3 rings (SSSR count). The van der Waals surface area contributed by atoms with E-state index in [2.05, 4.69) is 26.3 Å². The molecule has 3 aromatic rings. The molecule has 2 aromatic carbocycles. The molecule has 0 saturated heterocycles. The molecule has 0 fully saturated rings. The maximum Gasteiger partial charge on any atom is 0.256 e. The van der Waals surface area contributed by atoms with Crippen molar-refractivity contribution in [1.82, 2.24) is 9.78 Å². The highest BCUT2D eigenvalue weighted by Crippen LogP contribution is 2.21. The van der Waals surface area contributed by atoms with Gasteiger partial charge in [0.15, 0.2) is 5.82 Å². The number of aromatic nitrogens is 2. The first-order valence-corrected chi connectivity index (χ1v) is 6.91. The van der Waals surface area contributed by atoms with Gasteiger partial charge in [-0.1, -0.05) is 28.1 Å². The lowest BCUT2D eigenvalue weighted by atomic mass is 10.1. The second kappa shape index (κ2) is 5.09. The molecule has 0 aliphatic rings. The van der Waals surface area contributed by atoms with Gasteiger partial charge in [-0.3, -0.25) is 9.48 Å². The average Bonchev–Trinajstić information content (AvgIpc) is 2.83. The Morgan fingerprint density at radius 3 is 2.65 bits per heavy atom. The van der Waals surface area contributed by atoms with Crippen LogP contribution in [-0.2, 0) is 7.05 Å². The zero-order valence-electron chi connectivity index (χ0n) is 10.8. The quantitative estimate of drug-likeness (QED) is 0.781. The van der Waals surface area contributed by atoms with Crippen molar-refractivity contribution in [3.05, 3.63) is 58.7 Å². The molecule has 0 saturated carbocycles. The van der Waals surface area contributed by atoms with Crippen molar-refractivity contribution in [2.24, 2.45) is 7.05 Å². The Kier molecular flexibility index (Phi) is 3.28. The first kappa shape index (κ1) is 12.9. The zero-order valence-corrected chi connectivity index (χ0v) is 12.4. The second-order valence-corrected chi connectivity index (χ2v) is 5.45. The minimum Gasteiger partial charge on any atom is -0.305 e. The summed E-state index contributed by atoms with van der Waals surface area (Å²) in [7, 11) is 1.81. The average molecular weight is 330 g/mol. The highest BCUT2D eigenvalue weighted by Gasteiger charge is 2.08. The minimum absolute atomic E-state index is 0.159. The van der Waals surface area contributed by atoms with E-state index in [1.54, 1.807) is 16.9 Å². The highest BCUT2D eigenvalue weighted by atomic mass is 79.9. The van der Waals surface area contributed by atoms with Crippen LogP contribution in [0.25, 0.3) is 10.8 Å². The monoisotopic (exact) mass is 329 g/mol. The van der Waals surface area contributed by atoms with Gasteiger partial charge in [-0.2, -0.15) is 5.10 Å². The number of carbonyl (C=O) groups excluding carboxylic acids is 1. The summed E-state index contributed by atoms with van der Waals surface area (Å²) >= 11 is 3.44. The van der Waals surface area contributed by atoms with Crippen molar-refractivity contribution in [2.75, 3.05) is 5.32 Å². The SMILES string of the molecule is Cn1ccc(NC(=O)c2ccc3cc(Br)ccc3c2)n1. The molecular weight excluding hydrogens is 318 g/mol. The predicted octanol–water partition coefficient (Wildman–Crippen LogP) is 3.59. The van der Waals surface area contributed by atoms with Gasteiger partial charge in [-0.25, -0.2) is 0 Å². The highest BCUT2D eigenvalue weighted by molar-refractivity contribution is 9.10. The number of hydrogen-bond donors (Lipinski definition) is 1. The number of carbonyl (C=O) groups is 1. The van der Waals surface area contributed by atoms with Crippen LogP contribution in [0.5, 0.6) is 0 Å². The molecular formula is C15H12BrN3O. The smallest absolute Gasteiger partial charge is 0.256 e. The molecule has 0 aliphatic carbocycles. The van der Waals surface area contributed by atoms with E-state index >= 15 is 0 Å². The number of rotatable bonds is 2. The van der Waals surface area contributed by atoms with Crippen molar-refractivity contribution >= 4 is 38.4 Å². The van der Waals surface area contributed by atoms with Crippen molar-refractivity contribution < 1.29 is 4.79 Å². The number of hydrogen-bond acceptors (Lipinski definition) is 2. The fourth-order valence-corrected chi connectivity index (χ4v) is 2.41. The minimum atomic E-state index is -0.159. The predicted molar refractivity (Wildman–Crippen MR) is 82.8 cm³/mol. The van der Waals surface area contributed by atoms with Crippen LogP contribution < -0.4 is 5.32 Å². The van der Waals surface area contributed by atoms with Crippen molar-refractivity contribution in [2.45, 2.75) is 0 Å². The molecule has 0 radical (unpaired) electrons. The molecule has 1 N–H and O–H groups in total. The van der Waals surface area contributed by atoms with E-state index in [-0.39, 0.29) is 5.91 Å². The Hall–Kier alpha value is -2.14. The number of nitrogens with one attached hydrogen (secondary N) is 1. The number of fused-ring (bicyclic) bond motifs is 1. The molecule has 5 heteroatoms. The summed E-state index contributed by atoms with van der Waals surface area (Å²) in [5.74, 6) is 0.391. The number of aryl methyl sites for hydroxylation is 1. The molecule has 0 bridgehead atoms. The van der Waals surface area contributed by atoms with Gasteiger partial charge >= 0.3 is 0 Å². The number of anilines is 1. The molecule has 0 atom stereocenters. The number of benzene rings is 2. The summed E-state index contributed by atoms with van der Waals surface area (Å²) in [6.45, 7) is 0. The van der Waals surface area contributed by atoms with Gasteiger partial charge in [-0.05, 0) is 35.0 Å². The Balaban J connectivity index is 1.89. The third-order valence-corrected chi connectivity index (χ3v) is 3.51. The standard InChI is InChI=1S/C15H12BrN3O/c1-19-7-6-14(18-19)17-15(20)12-3-2-11-9-13(16)5-4-10(11)8-12/h2-9H,1H3,(H,17,18,20). The number of nitrogens with zero attached hydrogens (tertiary/aromatic N) is 2. The molecule has 1 aromatic heterocycles. The van der Waals surface area contributed by atoms with Crippen LogP contribution in [0.3, 0.4) is 0 Å². The first-order chi connectivity index (χ1) is 9.61. The van der Waals surface area contributed by atoms with Crippen LogP contribution in [0.4, 0.5) is 5.82 Å². The summed E-state index contributed by atoms with van der Waals surface area (Å²) in [5.41, 5.74) is 0.616. The van der Waals surface area contributed by atoms with E-state index in [1.807, 2.05) is 43.4 Å². The Labute approximate surface area is 124 Å². The largest absolute Gasteiger partial charge is 0.305 e. The lowest BCUT2D eigenvalue weighted by molar-refractivity contribution is 0.102. The summed E-state index contributed by atoms with van der Waals surface area (Å²) in [5, 5.41) is 9.02. The van der Waals surface area contributed by atoms with Gasteiger partial charge in [0.25, 0.3) is 5.91 Å². The van der Waals surface area contributed by atoms with Gasteiger partial charge in [-0.15, -0.1) is 0 Å². The topological polar surface area (TPSA) is 46.9 Å². The van der Waals surface area contributed by atoms with Gasteiger partial charge in [0.2, 0.25) is 0 Å². The zero-order chi connectivity index (χ0) is 14.1. The summed E-state index contributed by atoms with van der Waals surface area (Å²) < 4.78 is 2.67. The first-order valence-electron chi connectivity index (χ1n) is 6.12. The molecule has 0 spiro atoms. The van der Waals surface area contributed by atoms with E-state index in [4.69, 9.17) is 0 Å². The van der Waals surface area contributed by atoms with E-state index in [0.29, 0.717) is 11.4 Å². The lowest BCUT2D eigenvalue weighted by Crippen LogP contribution is -2.12. The number of amides is 1. The Bertz CT molecular complexity index is 795. The summed E-state index contributed by atoms with van der Waals surface area (Å²) in [6.07, 6.45) is 1.79. The lowest BCUT2D eigenvalue weighted by Gasteiger charge is -2.04. The fourth-order valence-electron chi connectivity index (χ4n) is 2.03. The van der Waals surface area contributed by atoms with Crippen LogP contribution >= 0.6 is 15.9 Å². The van der Waals surface area contributed by atoms with Crippen molar-refractivity contribution in [3.8, 4) is 0 Å². The van der Waals surface area contributed by atoms with E-state index < -0.39 is 0 Å². The van der Waals surface area contributed by atoms with Crippen LogP contribution in [-0.4, -0.2) is 15.7 Å². The normalized spacial score (nSPS) is 10.7. The van der Waals surface area contributed by atoms with Crippen LogP contribution in [0.2, 0.25) is 0 Å². The van der Waals surface area contributed by atoms with Gasteiger partial charge in [0, 0.05) is 29.3 Å². The summed E-state index contributed by atoms with van der Waals surface area (Å²) in [4.78, 5) is 12.2. The second-order valence-electron chi connectivity index (χ2n) is 4.54. The van der Waals surface area contributed by atoms with E-state index in [9.17, 15) is 4.79 Å². The van der Waals surface area contributed by atoms with Gasteiger partial charge in [0.1, 0.15) is 0 Å². The molecule has 0 unspecified atom stereocenters. The fraction of sp³-hybridized carbons (Fsp3) is 0.0667. The Morgan fingerprint density at radius 2 is 1.90 bits per heavy atom. The molecule has 1 heterocycles. The third-order valence-electron chi connectivity index (χ3n) is 3.02. The van der Waals surface area contributed by atoms with Crippen molar-refractivity contribution in [3.63, 3.8) is 0 Å². The third kappa shape index (κ3) is 2.58. The maximum absolute atomic E-state index is 12.2. The van der Waals surface area contributed by atoms with E-state index in [1.165, 1.54) is 0 Å². The molecule has 1 amide bonds. The summed E-state index contributed by atoms with van der Waals surface area (Å²) in [6, 6.07) is 13.4. The van der Waals surface area contributed by atoms with Gasteiger partial charge in [0.05, 0.1) is 0 Å². The molecule has 0 aliphatic heterocycles. The maximum atomic E-state index is 12.2. The van der Waals surface area contributed by atoms with Crippen LogP contribution in [0, 0.1) is 0 Å². The van der Waals surface area contributed by atoms with Crippen molar-refractivity contribution in [1.29, 1.82) is 0 Å². The van der Waals surface area contributed by atoms with Crippen LogP contribution in [0.1, 0.15) is 10.4 Å². The van der Waals surface area contributed by atoms with E-state index in [0.717, 1.165) is 15.2 Å². The van der Waals surface area contributed by atoms with Gasteiger partial charge < -0.3 is 5.32 Å². The molecule has 20 heavy (non-hydrogen) atoms. The molecule has 4 nitrogen and oxygen atoms in total. The number of halogens is 1. The molecule has 100 valence electrons.